The number of aliphatic hydroxyl groups excluding tert-OH is 3. The fourth-order valence-corrected chi connectivity index (χ4v) is 3.46. The van der Waals surface area contributed by atoms with Crippen LogP contribution in [0.2, 0.25) is 5.02 Å². The summed E-state index contributed by atoms with van der Waals surface area (Å²) in [6.07, 6.45) is 2.10. The molecule has 3 aromatic rings. The lowest BCUT2D eigenvalue weighted by atomic mass is 9.92. The van der Waals surface area contributed by atoms with Gasteiger partial charge < -0.3 is 20.3 Å². The van der Waals surface area contributed by atoms with E-state index in [0.29, 0.717) is 35.6 Å². The Morgan fingerprint density at radius 1 is 1.14 bits per heavy atom. The van der Waals surface area contributed by atoms with Crippen LogP contribution in [0.1, 0.15) is 30.2 Å². The second kappa shape index (κ2) is 9.38. The van der Waals surface area contributed by atoms with E-state index >= 15 is 0 Å². The second-order valence-electron chi connectivity index (χ2n) is 6.66. The number of benzene rings is 1. The van der Waals surface area contributed by atoms with Crippen molar-refractivity contribution in [2.24, 2.45) is 5.92 Å². The summed E-state index contributed by atoms with van der Waals surface area (Å²) in [5.74, 6) is -0.295. The molecule has 1 aliphatic rings. The summed E-state index contributed by atoms with van der Waals surface area (Å²) in [5.41, 5.74) is 2.73. The fourth-order valence-electron chi connectivity index (χ4n) is 3.34. The lowest BCUT2D eigenvalue weighted by Crippen LogP contribution is -2.28. The van der Waals surface area contributed by atoms with Gasteiger partial charge in [0, 0.05) is 17.4 Å². The Bertz CT molecular complexity index is 892. The Balaban J connectivity index is 0.000000167. The molecule has 1 aliphatic carbocycles. The van der Waals surface area contributed by atoms with Gasteiger partial charge in [0.25, 0.3) is 0 Å². The molecular weight excluding hydrogens is 387 g/mol. The highest BCUT2D eigenvalue weighted by molar-refractivity contribution is 6.30. The number of fused-ring (bicyclic) bond motifs is 1. The molecule has 0 spiro atoms. The first-order valence-electron chi connectivity index (χ1n) is 9.00. The molecule has 0 radical (unpaired) electrons. The predicted octanol–water partition coefficient (Wildman–Crippen LogP) is 2.37. The van der Waals surface area contributed by atoms with E-state index in [1.807, 2.05) is 0 Å². The van der Waals surface area contributed by atoms with Crippen molar-refractivity contribution >= 4 is 22.8 Å². The average molecular weight is 409 g/mol. The molecule has 9 heteroatoms. The maximum absolute atomic E-state index is 12.0. The number of aryl methyl sites for hydroxylation is 1. The van der Waals surface area contributed by atoms with Crippen LogP contribution in [0.25, 0.3) is 11.2 Å². The third kappa shape index (κ3) is 4.64. The van der Waals surface area contributed by atoms with Crippen LogP contribution in [0.5, 0.6) is 0 Å². The molecule has 150 valence electrons. The molecule has 0 amide bonds. The van der Waals surface area contributed by atoms with Gasteiger partial charge in [0.1, 0.15) is 11.8 Å². The summed E-state index contributed by atoms with van der Waals surface area (Å²) in [6.45, 7) is -0.412. The molecular formula is C19H22ClFN4O3. The topological polar surface area (TPSA) is 115 Å². The molecule has 1 fully saturated rings. The quantitative estimate of drug-likeness (QED) is 0.527. The van der Waals surface area contributed by atoms with Crippen LogP contribution in [-0.2, 0) is 6.42 Å². The van der Waals surface area contributed by atoms with E-state index in [0.717, 1.165) is 11.1 Å². The van der Waals surface area contributed by atoms with Crippen molar-refractivity contribution in [1.82, 2.24) is 19.9 Å². The summed E-state index contributed by atoms with van der Waals surface area (Å²) in [6, 6.07) is 6.89. The van der Waals surface area contributed by atoms with E-state index in [1.165, 1.54) is 12.7 Å². The molecule has 4 N–H and O–H groups in total. The maximum atomic E-state index is 12.0. The van der Waals surface area contributed by atoms with Gasteiger partial charge in [0.2, 0.25) is 0 Å². The number of aromatic nitrogens is 4. The molecule has 2 heterocycles. The Morgan fingerprint density at radius 3 is 2.54 bits per heavy atom. The maximum Gasteiger partial charge on any atom is 0.180 e. The normalized spacial score (nSPS) is 22.7. The third-order valence-electron chi connectivity index (χ3n) is 4.88. The highest BCUT2D eigenvalue weighted by atomic mass is 35.5. The minimum atomic E-state index is -0.842. The summed E-state index contributed by atoms with van der Waals surface area (Å²) in [5, 5.41) is 29.8. The van der Waals surface area contributed by atoms with Crippen LogP contribution in [-0.4, -0.2) is 54.1 Å². The number of aliphatic hydroxyl groups is 3. The lowest BCUT2D eigenvalue weighted by Gasteiger charge is -2.22. The summed E-state index contributed by atoms with van der Waals surface area (Å²) in [7, 11) is 0. The van der Waals surface area contributed by atoms with Gasteiger partial charge in [-0.1, -0.05) is 23.7 Å². The molecule has 0 aliphatic heterocycles. The smallest absolute Gasteiger partial charge is 0.180 e. The highest BCUT2D eigenvalue weighted by Gasteiger charge is 2.38. The number of hydrogen-bond acceptors (Lipinski definition) is 6. The van der Waals surface area contributed by atoms with E-state index in [1.54, 1.807) is 24.3 Å². The van der Waals surface area contributed by atoms with Crippen molar-refractivity contribution in [2.45, 2.75) is 37.6 Å². The van der Waals surface area contributed by atoms with E-state index in [-0.39, 0.29) is 5.92 Å². The molecule has 0 saturated heterocycles. The van der Waals surface area contributed by atoms with Crippen molar-refractivity contribution in [3.8, 4) is 0 Å². The van der Waals surface area contributed by atoms with Gasteiger partial charge in [0.05, 0.1) is 37.0 Å². The minimum absolute atomic E-state index is 0.295. The number of alkyl halides is 1. The number of rotatable bonds is 4. The number of hydrogen-bond donors (Lipinski definition) is 4. The molecule has 1 saturated carbocycles. The number of nitrogens with one attached hydrogen (secondary N) is 1. The monoisotopic (exact) mass is 408 g/mol. The number of nitrogens with zero attached hydrogens (tertiary/aromatic N) is 3. The van der Waals surface area contributed by atoms with Crippen LogP contribution in [0, 0.1) is 5.92 Å². The number of halogens is 2. The molecule has 2 aromatic heterocycles. The summed E-state index contributed by atoms with van der Waals surface area (Å²) in [4.78, 5) is 14.7. The van der Waals surface area contributed by atoms with Crippen molar-refractivity contribution in [2.75, 3.05) is 6.67 Å². The van der Waals surface area contributed by atoms with E-state index < -0.39 is 25.0 Å². The summed E-state index contributed by atoms with van der Waals surface area (Å²) >= 11 is 5.76. The van der Waals surface area contributed by atoms with Crippen LogP contribution < -0.4 is 0 Å². The van der Waals surface area contributed by atoms with Crippen molar-refractivity contribution < 1.29 is 19.7 Å². The van der Waals surface area contributed by atoms with Crippen LogP contribution in [0.3, 0.4) is 0 Å². The van der Waals surface area contributed by atoms with Gasteiger partial charge in [-0.05, 0) is 30.5 Å². The van der Waals surface area contributed by atoms with Gasteiger partial charge in [-0.2, -0.15) is 0 Å². The third-order valence-corrected chi connectivity index (χ3v) is 5.13. The number of imidazole rings is 1. The van der Waals surface area contributed by atoms with Gasteiger partial charge in [-0.3, -0.25) is 4.39 Å². The van der Waals surface area contributed by atoms with E-state index in [9.17, 15) is 19.7 Å². The molecule has 4 atom stereocenters. The Hall–Kier alpha value is -2.13. The van der Waals surface area contributed by atoms with Crippen molar-refractivity contribution in [1.29, 1.82) is 0 Å². The van der Waals surface area contributed by atoms with E-state index in [4.69, 9.17) is 11.6 Å². The Morgan fingerprint density at radius 2 is 1.89 bits per heavy atom. The molecule has 4 unspecified atom stereocenters. The van der Waals surface area contributed by atoms with Crippen LogP contribution in [0.15, 0.2) is 36.9 Å². The number of aromatic amines is 1. The highest BCUT2D eigenvalue weighted by Crippen LogP contribution is 2.36. The van der Waals surface area contributed by atoms with Crippen LogP contribution in [0.4, 0.5) is 4.39 Å². The minimum Gasteiger partial charge on any atom is -0.390 e. The largest absolute Gasteiger partial charge is 0.390 e. The van der Waals surface area contributed by atoms with Crippen molar-refractivity contribution in [3.63, 3.8) is 0 Å². The standard InChI is InChI=1S/C12H15ClO3.C7H7FN4/c13-8-3-1-7(2-4-8)11(15)9-5-6-10(14)12(9)16;8-2-1-5-6-7(11-3-9-5)12-4-10-6/h1-4,9-12,14-16H,5-6H2;3-4H,1-2H2,(H,9,10,11,12). The fraction of sp³-hybridized carbons (Fsp3) is 0.421. The second-order valence-corrected chi connectivity index (χ2v) is 7.09. The first-order valence-corrected chi connectivity index (χ1v) is 9.37. The summed E-state index contributed by atoms with van der Waals surface area (Å²) < 4.78 is 12.0. The molecule has 28 heavy (non-hydrogen) atoms. The lowest BCUT2D eigenvalue weighted by molar-refractivity contribution is -0.0210. The predicted molar refractivity (Wildman–Crippen MR) is 103 cm³/mol. The zero-order valence-corrected chi connectivity index (χ0v) is 15.8. The van der Waals surface area contributed by atoms with Gasteiger partial charge in [0.15, 0.2) is 5.65 Å². The molecule has 4 rings (SSSR count). The molecule has 7 nitrogen and oxygen atoms in total. The number of H-pyrrole nitrogens is 1. The van der Waals surface area contributed by atoms with Crippen LogP contribution >= 0.6 is 11.6 Å². The first kappa shape index (κ1) is 20.6. The van der Waals surface area contributed by atoms with Gasteiger partial charge in [-0.15, -0.1) is 0 Å². The first-order chi connectivity index (χ1) is 13.5. The van der Waals surface area contributed by atoms with Crippen molar-refractivity contribution in [3.05, 3.63) is 53.2 Å². The van der Waals surface area contributed by atoms with Gasteiger partial charge in [-0.25, -0.2) is 15.0 Å². The van der Waals surface area contributed by atoms with Gasteiger partial charge >= 0.3 is 0 Å². The zero-order valence-electron chi connectivity index (χ0n) is 15.0. The average Bonchev–Trinajstić information content (AvgIpc) is 3.31. The molecule has 1 aromatic carbocycles. The molecule has 0 bridgehead atoms. The SMILES string of the molecule is FCCc1ncnc2nc[nH]c12.OC1CCC(C(O)c2ccc(Cl)cc2)C1O. The zero-order chi connectivity index (χ0) is 20.1. The van der Waals surface area contributed by atoms with E-state index in [2.05, 4.69) is 19.9 Å². The Kier molecular flexibility index (Phi) is 6.90. The Labute approximate surface area is 166 Å².